The summed E-state index contributed by atoms with van der Waals surface area (Å²) in [5.74, 6) is 0. The Bertz CT molecular complexity index is 499. The largest absolute Gasteiger partial charge is 0.390 e. The smallest absolute Gasteiger partial charge is 0.211 e. The van der Waals surface area contributed by atoms with E-state index in [1.54, 1.807) is 10.9 Å². The van der Waals surface area contributed by atoms with Crippen molar-refractivity contribution >= 4 is 10.0 Å². The highest BCUT2D eigenvalue weighted by Gasteiger charge is 2.29. The van der Waals surface area contributed by atoms with Gasteiger partial charge in [-0.3, -0.25) is 4.68 Å². The van der Waals surface area contributed by atoms with Crippen LogP contribution in [0.15, 0.2) is 6.20 Å². The average molecular weight is 274 g/mol. The molecule has 8 heteroatoms. The van der Waals surface area contributed by atoms with Gasteiger partial charge in [0, 0.05) is 12.6 Å². The molecule has 0 spiro atoms. The van der Waals surface area contributed by atoms with E-state index >= 15 is 0 Å². The van der Waals surface area contributed by atoms with Gasteiger partial charge in [0.1, 0.15) is 5.69 Å². The van der Waals surface area contributed by atoms with Gasteiger partial charge in [-0.15, -0.1) is 5.10 Å². The lowest BCUT2D eigenvalue weighted by Gasteiger charge is -2.33. The summed E-state index contributed by atoms with van der Waals surface area (Å²) < 4.78 is 26.5. The van der Waals surface area contributed by atoms with E-state index in [1.807, 2.05) is 0 Å². The minimum absolute atomic E-state index is 0.0676. The van der Waals surface area contributed by atoms with Crippen LogP contribution in [0.1, 0.15) is 25.0 Å². The number of aromatic nitrogens is 3. The summed E-state index contributed by atoms with van der Waals surface area (Å²) in [6.45, 7) is 0.908. The van der Waals surface area contributed by atoms with Gasteiger partial charge >= 0.3 is 0 Å². The van der Waals surface area contributed by atoms with Crippen LogP contribution in [0.3, 0.4) is 0 Å². The van der Waals surface area contributed by atoms with Crippen molar-refractivity contribution in [3.8, 4) is 0 Å². The maximum absolute atomic E-state index is 11.7. The third-order valence-corrected chi connectivity index (χ3v) is 4.48. The Balaban J connectivity index is 2.10. The lowest BCUT2D eigenvalue weighted by Crippen LogP contribution is -2.45. The summed E-state index contributed by atoms with van der Waals surface area (Å²) in [4.78, 5) is 0. The van der Waals surface area contributed by atoms with Gasteiger partial charge in [-0.1, -0.05) is 11.6 Å². The van der Waals surface area contributed by atoms with Gasteiger partial charge in [-0.05, 0) is 12.8 Å². The lowest BCUT2D eigenvalue weighted by molar-refractivity contribution is 0.224. The van der Waals surface area contributed by atoms with Crippen LogP contribution in [-0.2, 0) is 23.2 Å². The van der Waals surface area contributed by atoms with Gasteiger partial charge in [-0.2, -0.15) is 4.31 Å². The Morgan fingerprint density at radius 1 is 1.50 bits per heavy atom. The second-order valence-electron chi connectivity index (χ2n) is 4.61. The quantitative estimate of drug-likeness (QED) is 0.806. The molecule has 1 aliphatic heterocycles. The van der Waals surface area contributed by atoms with Crippen LogP contribution in [-0.4, -0.2) is 51.7 Å². The molecule has 1 N–H and O–H groups in total. The molecule has 0 amide bonds. The highest BCUT2D eigenvalue weighted by atomic mass is 32.2. The first-order valence-corrected chi connectivity index (χ1v) is 7.82. The topological polar surface area (TPSA) is 88.3 Å². The van der Waals surface area contributed by atoms with E-state index < -0.39 is 10.0 Å². The van der Waals surface area contributed by atoms with E-state index in [4.69, 9.17) is 5.11 Å². The van der Waals surface area contributed by atoms with E-state index in [-0.39, 0.29) is 12.6 Å². The van der Waals surface area contributed by atoms with Crippen LogP contribution >= 0.6 is 0 Å². The Kier molecular flexibility index (Phi) is 3.98. The van der Waals surface area contributed by atoms with Crippen molar-refractivity contribution in [2.45, 2.75) is 38.5 Å². The first-order chi connectivity index (χ1) is 8.50. The van der Waals surface area contributed by atoms with Crippen molar-refractivity contribution in [2.75, 3.05) is 12.8 Å². The molecule has 1 saturated heterocycles. The van der Waals surface area contributed by atoms with Crippen LogP contribution in [0.2, 0.25) is 0 Å². The van der Waals surface area contributed by atoms with Crippen molar-refractivity contribution in [3.63, 3.8) is 0 Å². The fourth-order valence-electron chi connectivity index (χ4n) is 2.31. The van der Waals surface area contributed by atoms with Crippen molar-refractivity contribution in [3.05, 3.63) is 11.9 Å². The molecule has 0 bridgehead atoms. The van der Waals surface area contributed by atoms with E-state index in [2.05, 4.69) is 10.3 Å². The molecule has 1 aliphatic rings. The molecule has 1 aromatic heterocycles. The molecule has 1 atom stereocenters. The third kappa shape index (κ3) is 3.06. The van der Waals surface area contributed by atoms with Crippen molar-refractivity contribution in [2.24, 2.45) is 0 Å². The second-order valence-corrected chi connectivity index (χ2v) is 6.55. The predicted molar refractivity (Wildman–Crippen MR) is 65.1 cm³/mol. The monoisotopic (exact) mass is 274 g/mol. The van der Waals surface area contributed by atoms with Crippen molar-refractivity contribution < 1.29 is 13.5 Å². The van der Waals surface area contributed by atoms with E-state index in [0.717, 1.165) is 19.3 Å². The molecule has 102 valence electrons. The lowest BCUT2D eigenvalue weighted by atomic mass is 10.1. The zero-order valence-corrected chi connectivity index (χ0v) is 11.2. The molecular formula is C10H18N4O3S. The molecule has 1 aromatic rings. The summed E-state index contributed by atoms with van der Waals surface area (Å²) in [6, 6.07) is -0.0676. The number of nitrogens with zero attached hydrogens (tertiary/aromatic N) is 4. The van der Waals surface area contributed by atoms with Gasteiger partial charge in [0.05, 0.1) is 25.6 Å². The molecule has 1 unspecified atom stereocenters. The molecule has 0 radical (unpaired) electrons. The molecule has 2 rings (SSSR count). The Morgan fingerprint density at radius 3 is 2.89 bits per heavy atom. The summed E-state index contributed by atoms with van der Waals surface area (Å²) >= 11 is 0. The van der Waals surface area contributed by atoms with E-state index in [0.29, 0.717) is 18.8 Å². The first-order valence-electron chi connectivity index (χ1n) is 5.97. The molecule has 18 heavy (non-hydrogen) atoms. The average Bonchev–Trinajstić information content (AvgIpc) is 2.76. The SMILES string of the molecule is CS(=O)(=O)N1CCCCC1Cn1cc(CO)nn1. The highest BCUT2D eigenvalue weighted by Crippen LogP contribution is 2.20. The fraction of sp³-hybridized carbons (Fsp3) is 0.800. The van der Waals surface area contributed by atoms with Crippen LogP contribution in [0.25, 0.3) is 0 Å². The molecule has 0 saturated carbocycles. The van der Waals surface area contributed by atoms with Gasteiger partial charge in [0.2, 0.25) is 10.0 Å². The van der Waals surface area contributed by atoms with Crippen LogP contribution in [0, 0.1) is 0 Å². The van der Waals surface area contributed by atoms with Crippen molar-refractivity contribution in [1.82, 2.24) is 19.3 Å². The van der Waals surface area contributed by atoms with Crippen LogP contribution in [0.4, 0.5) is 0 Å². The molecular weight excluding hydrogens is 256 g/mol. The van der Waals surface area contributed by atoms with Gasteiger partial charge < -0.3 is 5.11 Å². The van der Waals surface area contributed by atoms with E-state index in [1.165, 1.54) is 10.6 Å². The number of sulfonamides is 1. The molecule has 2 heterocycles. The normalized spacial score (nSPS) is 22.2. The number of hydrogen-bond donors (Lipinski definition) is 1. The third-order valence-electron chi connectivity index (χ3n) is 3.15. The van der Waals surface area contributed by atoms with Gasteiger partial charge in [-0.25, -0.2) is 8.42 Å². The zero-order valence-electron chi connectivity index (χ0n) is 10.4. The highest BCUT2D eigenvalue weighted by molar-refractivity contribution is 7.88. The summed E-state index contributed by atoms with van der Waals surface area (Å²) in [6.07, 6.45) is 5.66. The first kappa shape index (κ1) is 13.4. The zero-order chi connectivity index (χ0) is 13.2. The minimum Gasteiger partial charge on any atom is -0.390 e. The van der Waals surface area contributed by atoms with Gasteiger partial charge in [0.15, 0.2) is 0 Å². The van der Waals surface area contributed by atoms with Crippen LogP contribution < -0.4 is 0 Å². The maximum Gasteiger partial charge on any atom is 0.211 e. The van der Waals surface area contributed by atoms with Crippen molar-refractivity contribution in [1.29, 1.82) is 0 Å². The Hall–Kier alpha value is -0.990. The predicted octanol–water partition coefficient (Wildman–Crippen LogP) is -0.416. The van der Waals surface area contributed by atoms with Gasteiger partial charge in [0.25, 0.3) is 0 Å². The standard InChI is InChI=1S/C10H18N4O3S/c1-18(16,17)14-5-3-2-4-10(14)7-13-6-9(8-15)11-12-13/h6,10,15H,2-5,7-8H2,1H3. The molecule has 7 nitrogen and oxygen atoms in total. The number of aliphatic hydroxyl groups is 1. The minimum atomic E-state index is -3.17. The Morgan fingerprint density at radius 2 is 2.28 bits per heavy atom. The molecule has 0 aromatic carbocycles. The Labute approximate surface area is 106 Å². The fourth-order valence-corrected chi connectivity index (χ4v) is 3.48. The van der Waals surface area contributed by atoms with Crippen LogP contribution in [0.5, 0.6) is 0 Å². The number of rotatable bonds is 4. The number of aliphatic hydroxyl groups excluding tert-OH is 1. The molecule has 1 fully saturated rings. The summed E-state index contributed by atoms with van der Waals surface area (Å²) in [7, 11) is -3.17. The number of hydrogen-bond acceptors (Lipinski definition) is 5. The summed E-state index contributed by atoms with van der Waals surface area (Å²) in [5, 5.41) is 16.6. The maximum atomic E-state index is 11.7. The second kappa shape index (κ2) is 5.33. The molecule has 0 aliphatic carbocycles. The number of piperidine rings is 1. The summed E-state index contributed by atoms with van der Waals surface area (Å²) in [5.41, 5.74) is 0.497. The van der Waals surface area contributed by atoms with E-state index in [9.17, 15) is 8.42 Å².